The maximum atomic E-state index is 12.5. The molecule has 11 heteroatoms. The SMILES string of the molecule is O=[N+]([O-])c1cc(NS(=O)(=O)c2cccc3nsnc23)ccc1Cl. The summed E-state index contributed by atoms with van der Waals surface area (Å²) in [5.41, 5.74) is 0.343. The van der Waals surface area contributed by atoms with Gasteiger partial charge in [-0.1, -0.05) is 17.7 Å². The molecule has 0 saturated carbocycles. The molecule has 0 radical (unpaired) electrons. The zero-order valence-electron chi connectivity index (χ0n) is 11.1. The van der Waals surface area contributed by atoms with E-state index < -0.39 is 14.9 Å². The summed E-state index contributed by atoms with van der Waals surface area (Å²) < 4.78 is 35.2. The van der Waals surface area contributed by atoms with Gasteiger partial charge in [-0.2, -0.15) is 8.75 Å². The number of halogens is 1. The van der Waals surface area contributed by atoms with E-state index in [9.17, 15) is 18.5 Å². The van der Waals surface area contributed by atoms with E-state index in [4.69, 9.17) is 11.6 Å². The first kappa shape index (κ1) is 15.6. The van der Waals surface area contributed by atoms with Crippen LogP contribution in [0.25, 0.3) is 11.0 Å². The van der Waals surface area contributed by atoms with E-state index in [2.05, 4.69) is 13.5 Å². The molecule has 23 heavy (non-hydrogen) atoms. The maximum Gasteiger partial charge on any atom is 0.289 e. The summed E-state index contributed by atoms with van der Waals surface area (Å²) in [7, 11) is -3.98. The summed E-state index contributed by atoms with van der Waals surface area (Å²) >= 11 is 6.61. The zero-order valence-corrected chi connectivity index (χ0v) is 13.5. The molecule has 0 spiro atoms. The van der Waals surface area contributed by atoms with E-state index >= 15 is 0 Å². The molecule has 0 saturated heterocycles. The van der Waals surface area contributed by atoms with E-state index in [0.29, 0.717) is 5.52 Å². The van der Waals surface area contributed by atoms with Crippen LogP contribution in [-0.4, -0.2) is 22.1 Å². The highest BCUT2D eigenvalue weighted by molar-refractivity contribution is 7.93. The molecular weight excluding hydrogens is 364 g/mol. The van der Waals surface area contributed by atoms with Gasteiger partial charge in [0.25, 0.3) is 15.7 Å². The number of nitrogens with zero attached hydrogens (tertiary/aromatic N) is 3. The van der Waals surface area contributed by atoms with Gasteiger partial charge >= 0.3 is 0 Å². The Morgan fingerprint density at radius 2 is 2.00 bits per heavy atom. The molecular formula is C12H7ClN4O4S2. The van der Waals surface area contributed by atoms with Crippen LogP contribution in [0.3, 0.4) is 0 Å². The standard InChI is InChI=1S/C12H7ClN4O4S2/c13-8-5-4-7(6-10(8)17(18)19)16-23(20,21)11-3-1-2-9-12(11)15-22-14-9/h1-6,16H. The van der Waals surface area contributed by atoms with Crippen molar-refractivity contribution in [2.24, 2.45) is 0 Å². The highest BCUT2D eigenvalue weighted by Crippen LogP contribution is 2.29. The topological polar surface area (TPSA) is 115 Å². The highest BCUT2D eigenvalue weighted by Gasteiger charge is 2.21. The minimum Gasteiger partial charge on any atom is -0.279 e. The average molecular weight is 371 g/mol. The molecule has 3 rings (SSSR count). The van der Waals surface area contributed by atoms with Crippen LogP contribution in [0.15, 0.2) is 41.3 Å². The zero-order chi connectivity index (χ0) is 16.6. The maximum absolute atomic E-state index is 12.5. The smallest absolute Gasteiger partial charge is 0.279 e. The van der Waals surface area contributed by atoms with Crippen LogP contribution in [-0.2, 0) is 10.0 Å². The van der Waals surface area contributed by atoms with Gasteiger partial charge in [0.05, 0.1) is 22.3 Å². The van der Waals surface area contributed by atoms with Crippen molar-refractivity contribution in [2.75, 3.05) is 4.72 Å². The third-order valence-electron chi connectivity index (χ3n) is 2.93. The second-order valence-electron chi connectivity index (χ2n) is 4.42. The molecule has 3 aromatic rings. The van der Waals surface area contributed by atoms with Crippen LogP contribution in [0.2, 0.25) is 5.02 Å². The number of sulfonamides is 1. The average Bonchev–Trinajstić information content (AvgIpc) is 2.96. The van der Waals surface area contributed by atoms with Crippen LogP contribution in [0, 0.1) is 10.1 Å². The largest absolute Gasteiger partial charge is 0.289 e. The third kappa shape index (κ3) is 2.96. The van der Waals surface area contributed by atoms with Crippen molar-refractivity contribution < 1.29 is 13.3 Å². The first-order valence-electron chi connectivity index (χ1n) is 6.06. The number of fused-ring (bicyclic) bond motifs is 1. The van der Waals surface area contributed by atoms with Gasteiger partial charge in [0.2, 0.25) is 0 Å². The second kappa shape index (κ2) is 5.72. The van der Waals surface area contributed by atoms with Crippen LogP contribution in [0.4, 0.5) is 11.4 Å². The van der Waals surface area contributed by atoms with Crippen LogP contribution >= 0.6 is 23.3 Å². The molecule has 0 aliphatic heterocycles. The lowest BCUT2D eigenvalue weighted by atomic mass is 10.3. The molecule has 1 N–H and O–H groups in total. The lowest BCUT2D eigenvalue weighted by Crippen LogP contribution is -2.13. The van der Waals surface area contributed by atoms with E-state index in [1.54, 1.807) is 12.1 Å². The molecule has 1 heterocycles. The summed E-state index contributed by atoms with van der Waals surface area (Å²) in [5, 5.41) is 10.8. The Labute approximate surface area is 139 Å². The van der Waals surface area contributed by atoms with Crippen molar-refractivity contribution in [1.82, 2.24) is 8.75 Å². The summed E-state index contributed by atoms with van der Waals surface area (Å²) in [6, 6.07) is 8.22. The molecule has 2 aromatic carbocycles. The monoisotopic (exact) mass is 370 g/mol. The number of hydrogen-bond acceptors (Lipinski definition) is 7. The molecule has 0 aliphatic rings. The summed E-state index contributed by atoms with van der Waals surface area (Å²) in [6.07, 6.45) is 0. The van der Waals surface area contributed by atoms with Crippen LogP contribution in [0.1, 0.15) is 0 Å². The van der Waals surface area contributed by atoms with Crippen molar-refractivity contribution in [3.63, 3.8) is 0 Å². The van der Waals surface area contributed by atoms with Crippen molar-refractivity contribution in [3.05, 3.63) is 51.5 Å². The Balaban J connectivity index is 2.04. The van der Waals surface area contributed by atoms with Gasteiger partial charge in [0.1, 0.15) is 21.0 Å². The fourth-order valence-corrected chi connectivity index (χ4v) is 3.93. The Morgan fingerprint density at radius 1 is 1.22 bits per heavy atom. The van der Waals surface area contributed by atoms with Crippen molar-refractivity contribution >= 4 is 55.8 Å². The molecule has 8 nitrogen and oxygen atoms in total. The van der Waals surface area contributed by atoms with Gasteiger partial charge < -0.3 is 0 Å². The second-order valence-corrected chi connectivity index (χ2v) is 7.00. The van der Waals surface area contributed by atoms with Crippen molar-refractivity contribution in [2.45, 2.75) is 4.90 Å². The number of anilines is 1. The summed E-state index contributed by atoms with van der Waals surface area (Å²) in [4.78, 5) is 10.1. The molecule has 0 fully saturated rings. The number of aromatic nitrogens is 2. The molecule has 0 amide bonds. The predicted molar refractivity (Wildman–Crippen MR) is 86.3 cm³/mol. The van der Waals surface area contributed by atoms with Crippen LogP contribution in [0.5, 0.6) is 0 Å². The van der Waals surface area contributed by atoms with E-state index in [0.717, 1.165) is 17.8 Å². The highest BCUT2D eigenvalue weighted by atomic mass is 35.5. The van der Waals surface area contributed by atoms with Gasteiger partial charge in [0.15, 0.2) is 0 Å². The fraction of sp³-hybridized carbons (Fsp3) is 0. The van der Waals surface area contributed by atoms with Crippen LogP contribution < -0.4 is 4.72 Å². The lowest BCUT2D eigenvalue weighted by molar-refractivity contribution is -0.384. The molecule has 0 unspecified atom stereocenters. The van der Waals surface area contributed by atoms with Gasteiger partial charge in [-0.25, -0.2) is 8.42 Å². The summed E-state index contributed by atoms with van der Waals surface area (Å²) in [6.45, 7) is 0. The Morgan fingerprint density at radius 3 is 2.74 bits per heavy atom. The number of hydrogen-bond donors (Lipinski definition) is 1. The lowest BCUT2D eigenvalue weighted by Gasteiger charge is -2.08. The molecule has 118 valence electrons. The van der Waals surface area contributed by atoms with E-state index in [-0.39, 0.29) is 26.8 Å². The molecule has 0 atom stereocenters. The minimum absolute atomic E-state index is 0.0290. The van der Waals surface area contributed by atoms with Gasteiger partial charge in [-0.05, 0) is 24.3 Å². The van der Waals surface area contributed by atoms with E-state index in [1.165, 1.54) is 18.2 Å². The van der Waals surface area contributed by atoms with Gasteiger partial charge in [0, 0.05) is 6.07 Å². The number of nitrogens with one attached hydrogen (secondary N) is 1. The Hall–Kier alpha value is -2.30. The molecule has 0 bridgehead atoms. The quantitative estimate of drug-likeness (QED) is 0.557. The number of nitro groups is 1. The predicted octanol–water partition coefficient (Wildman–Crippen LogP) is 3.05. The number of rotatable bonds is 4. The van der Waals surface area contributed by atoms with Gasteiger partial charge in [-0.3, -0.25) is 14.8 Å². The minimum atomic E-state index is -3.98. The Bertz CT molecular complexity index is 1020. The molecule has 1 aromatic heterocycles. The number of nitro benzene ring substituents is 1. The normalized spacial score (nSPS) is 11.5. The first-order chi connectivity index (χ1) is 10.9. The van der Waals surface area contributed by atoms with E-state index in [1.807, 2.05) is 0 Å². The van der Waals surface area contributed by atoms with Gasteiger partial charge in [-0.15, -0.1) is 0 Å². The molecule has 0 aliphatic carbocycles. The Kier molecular flexibility index (Phi) is 3.88. The van der Waals surface area contributed by atoms with Crippen molar-refractivity contribution in [1.29, 1.82) is 0 Å². The third-order valence-corrected chi connectivity index (χ3v) is 5.21. The summed E-state index contributed by atoms with van der Waals surface area (Å²) in [5.74, 6) is 0. The first-order valence-corrected chi connectivity index (χ1v) is 8.66. The fourth-order valence-electron chi connectivity index (χ4n) is 1.92. The van der Waals surface area contributed by atoms with Crippen molar-refractivity contribution in [3.8, 4) is 0 Å². The number of benzene rings is 2.